The number of carbonyl (C=O) groups is 2. The van der Waals surface area contributed by atoms with E-state index in [1.54, 1.807) is 17.3 Å². The fourth-order valence-corrected chi connectivity index (χ4v) is 5.55. The van der Waals surface area contributed by atoms with Crippen LogP contribution in [0.5, 0.6) is 0 Å². The van der Waals surface area contributed by atoms with Crippen LogP contribution in [-0.4, -0.2) is 78.3 Å². The van der Waals surface area contributed by atoms with E-state index < -0.39 is 35.8 Å². The summed E-state index contributed by atoms with van der Waals surface area (Å²) in [6.07, 6.45) is 4.15. The lowest BCUT2D eigenvalue weighted by atomic mass is 9.97. The smallest absolute Gasteiger partial charge is 0.308 e. The molecule has 42 heavy (non-hydrogen) atoms. The number of nitrogens with zero attached hydrogens (tertiary/aromatic N) is 6. The number of carboxylic acid groups (broad SMARTS) is 1. The number of aromatic amines is 1. The number of fused-ring (bicyclic) bond motifs is 2. The second-order valence-electron chi connectivity index (χ2n) is 9.86. The summed E-state index contributed by atoms with van der Waals surface area (Å²) < 4.78 is 1.39. The van der Waals surface area contributed by atoms with Gasteiger partial charge in [0.1, 0.15) is 0 Å². The second-order valence-corrected chi connectivity index (χ2v) is 10.7. The number of nitriles is 1. The number of hydrogen-bond acceptors (Lipinski definition) is 8. The van der Waals surface area contributed by atoms with Gasteiger partial charge in [0.05, 0.1) is 69.7 Å². The number of aliphatic hydroxyl groups is 1. The Balaban J connectivity index is 1.39. The maximum atomic E-state index is 13.3. The lowest BCUT2D eigenvalue weighted by Gasteiger charge is -2.19. The van der Waals surface area contributed by atoms with Crippen LogP contribution in [0.1, 0.15) is 28.8 Å². The fourth-order valence-electron chi connectivity index (χ4n) is 4.84. The molecular weight excluding hydrogens is 587 g/mol. The Morgan fingerprint density at radius 1 is 1.31 bits per heavy atom. The van der Waals surface area contributed by atoms with Crippen molar-refractivity contribution in [2.75, 3.05) is 19.6 Å². The van der Waals surface area contributed by atoms with E-state index in [-0.39, 0.29) is 52.1 Å². The Hall–Kier alpha value is -4.51. The molecule has 2 atom stereocenters. The van der Waals surface area contributed by atoms with Crippen molar-refractivity contribution in [2.24, 2.45) is 10.9 Å². The quantitative estimate of drug-likeness (QED) is 0.0757. The number of halogens is 2. The first kappa shape index (κ1) is 29.0. The number of β-amino-alcohol motifs (C(OH)–C–C–N with tert-alkyl or cyclic N) is 1. The Morgan fingerprint density at radius 3 is 2.83 bits per heavy atom. The minimum absolute atomic E-state index is 0.0627. The lowest BCUT2D eigenvalue weighted by Crippen LogP contribution is -2.39. The molecule has 3 heterocycles. The molecule has 0 unspecified atom stereocenters. The summed E-state index contributed by atoms with van der Waals surface area (Å²) in [5, 5.41) is 38.7. The number of carboxylic acids is 1. The molecule has 13 nitrogen and oxygen atoms in total. The standard InChI is InChI=1S/C27H24Cl2N8O5/c28-19-7-18-24(33-13-37(25(18)40)10-14-1-2-15-9-34-35-20(15)5-14)23(29)22(19)21(39)6-16(26(41)42)8-31-27(32-12-30)36-4-3-17(38)11-36/h1-2,5,7,9,13,16-17,38H,3-4,6,8,10-11H2,(H,31,32)(H,34,35)(H,41,42)/t16-,17-/m0/s1. The average Bonchev–Trinajstić information content (AvgIpc) is 3.60. The van der Waals surface area contributed by atoms with Crippen molar-refractivity contribution in [1.82, 2.24) is 30.0 Å². The number of aliphatic hydroxyl groups excluding tert-OH is 1. The molecule has 1 saturated heterocycles. The highest BCUT2D eigenvalue weighted by Gasteiger charge is 2.28. The number of aliphatic imine (C=N–C) groups is 1. The highest BCUT2D eigenvalue weighted by atomic mass is 35.5. The first-order chi connectivity index (χ1) is 20.2. The van der Waals surface area contributed by atoms with E-state index in [2.05, 4.69) is 25.5 Å². The lowest BCUT2D eigenvalue weighted by molar-refractivity contribution is -0.141. The van der Waals surface area contributed by atoms with E-state index in [0.717, 1.165) is 16.5 Å². The number of aliphatic carboxylic acids is 1. The molecule has 5 rings (SSSR count). The molecular formula is C27H24Cl2N8O5. The molecule has 15 heteroatoms. The van der Waals surface area contributed by atoms with E-state index in [9.17, 15) is 24.6 Å². The van der Waals surface area contributed by atoms with Gasteiger partial charge in [-0.2, -0.15) is 10.4 Å². The van der Waals surface area contributed by atoms with Crippen molar-refractivity contribution in [3.8, 4) is 6.19 Å². The van der Waals surface area contributed by atoms with E-state index in [0.29, 0.717) is 13.0 Å². The van der Waals surface area contributed by atoms with Gasteiger partial charge in [-0.05, 0) is 24.1 Å². The van der Waals surface area contributed by atoms with Crippen LogP contribution in [0.15, 0.2) is 46.6 Å². The van der Waals surface area contributed by atoms with Crippen LogP contribution in [0.25, 0.3) is 21.8 Å². The summed E-state index contributed by atoms with van der Waals surface area (Å²) in [5.41, 5.74) is 1.15. The molecule has 0 radical (unpaired) electrons. The summed E-state index contributed by atoms with van der Waals surface area (Å²) in [5.74, 6) is -3.11. The molecule has 216 valence electrons. The van der Waals surface area contributed by atoms with Gasteiger partial charge in [-0.3, -0.25) is 34.4 Å². The number of ketones is 1. The number of likely N-dealkylation sites (tertiary alicyclic amines) is 1. The summed E-state index contributed by atoms with van der Waals surface area (Å²) in [4.78, 5) is 48.7. The number of nitrogens with one attached hydrogen (secondary N) is 2. The predicted octanol–water partition coefficient (Wildman–Crippen LogP) is 2.39. The molecule has 0 amide bonds. The van der Waals surface area contributed by atoms with E-state index in [1.807, 2.05) is 18.2 Å². The number of H-pyrrole nitrogens is 1. The van der Waals surface area contributed by atoms with Crippen molar-refractivity contribution < 1.29 is 19.8 Å². The SMILES string of the molecule is N#CNC(=NC[C@H](CC(=O)c1c(Cl)cc2c(=O)n(Cc3ccc4cn[nH]c4c3)cnc2c1Cl)C(=O)O)N1CC[C@H](O)C1. The third-order valence-electron chi connectivity index (χ3n) is 7.02. The monoisotopic (exact) mass is 610 g/mol. The summed E-state index contributed by atoms with van der Waals surface area (Å²) in [6.45, 7) is 0.558. The topological polar surface area (TPSA) is 190 Å². The third-order valence-corrected chi connectivity index (χ3v) is 7.69. The largest absolute Gasteiger partial charge is 0.481 e. The molecule has 2 aromatic heterocycles. The van der Waals surface area contributed by atoms with E-state index >= 15 is 0 Å². The van der Waals surface area contributed by atoms with Gasteiger partial charge >= 0.3 is 5.97 Å². The molecule has 1 aliphatic rings. The Morgan fingerprint density at radius 2 is 2.12 bits per heavy atom. The van der Waals surface area contributed by atoms with Crippen LogP contribution in [0.3, 0.4) is 0 Å². The number of rotatable bonds is 8. The number of hydrogen-bond donors (Lipinski definition) is 4. The van der Waals surface area contributed by atoms with Gasteiger partial charge in [-0.15, -0.1) is 0 Å². The highest BCUT2D eigenvalue weighted by Crippen LogP contribution is 2.32. The number of benzene rings is 2. The highest BCUT2D eigenvalue weighted by molar-refractivity contribution is 6.43. The number of carbonyl (C=O) groups excluding carboxylic acids is 1. The van der Waals surface area contributed by atoms with Gasteiger partial charge in [0.25, 0.3) is 5.56 Å². The first-order valence-electron chi connectivity index (χ1n) is 12.8. The van der Waals surface area contributed by atoms with Crippen molar-refractivity contribution >= 4 is 62.7 Å². The first-order valence-corrected chi connectivity index (χ1v) is 13.6. The minimum Gasteiger partial charge on any atom is -0.481 e. The molecule has 1 aliphatic heterocycles. The predicted molar refractivity (Wildman–Crippen MR) is 155 cm³/mol. The molecule has 0 saturated carbocycles. The van der Waals surface area contributed by atoms with Gasteiger partial charge in [0, 0.05) is 24.9 Å². The summed E-state index contributed by atoms with van der Waals surface area (Å²) in [6, 6.07) is 6.93. The zero-order chi connectivity index (χ0) is 30.0. The molecule has 0 bridgehead atoms. The van der Waals surface area contributed by atoms with Gasteiger partial charge in [-0.25, -0.2) is 4.98 Å². The number of aromatic nitrogens is 4. The minimum atomic E-state index is -1.28. The Labute approximate surface area is 248 Å². The van der Waals surface area contributed by atoms with E-state index in [1.165, 1.54) is 17.0 Å². The maximum absolute atomic E-state index is 13.3. The molecule has 0 aliphatic carbocycles. The van der Waals surface area contributed by atoms with Crippen LogP contribution < -0.4 is 10.9 Å². The van der Waals surface area contributed by atoms with Crippen molar-refractivity contribution in [1.29, 1.82) is 5.26 Å². The van der Waals surface area contributed by atoms with Gasteiger partial charge in [0.2, 0.25) is 5.96 Å². The fraction of sp³-hybridized carbons (Fsp3) is 0.296. The van der Waals surface area contributed by atoms with Crippen LogP contribution in [0, 0.1) is 17.4 Å². The van der Waals surface area contributed by atoms with Gasteiger partial charge in [0.15, 0.2) is 12.0 Å². The molecule has 1 fully saturated rings. The summed E-state index contributed by atoms with van der Waals surface area (Å²) in [7, 11) is 0. The Bertz CT molecular complexity index is 1830. The van der Waals surface area contributed by atoms with Crippen LogP contribution in [0.2, 0.25) is 10.0 Å². The maximum Gasteiger partial charge on any atom is 0.308 e. The van der Waals surface area contributed by atoms with Crippen molar-refractivity contribution in [2.45, 2.75) is 25.5 Å². The van der Waals surface area contributed by atoms with Crippen LogP contribution in [-0.2, 0) is 11.3 Å². The van der Waals surface area contributed by atoms with Crippen LogP contribution in [0.4, 0.5) is 0 Å². The number of Topliss-reactive ketones (excluding diaryl/α,β-unsaturated/α-hetero) is 1. The molecule has 2 aromatic carbocycles. The van der Waals surface area contributed by atoms with Gasteiger partial charge < -0.3 is 15.1 Å². The Kier molecular flexibility index (Phi) is 8.39. The summed E-state index contributed by atoms with van der Waals surface area (Å²) >= 11 is 13.0. The molecule has 0 spiro atoms. The van der Waals surface area contributed by atoms with Crippen molar-refractivity contribution in [3.63, 3.8) is 0 Å². The zero-order valence-electron chi connectivity index (χ0n) is 21.9. The van der Waals surface area contributed by atoms with E-state index in [4.69, 9.17) is 28.5 Å². The van der Waals surface area contributed by atoms with Gasteiger partial charge in [-0.1, -0.05) is 35.3 Å². The average molecular weight is 611 g/mol. The third kappa shape index (κ3) is 5.91. The normalized spacial score (nSPS) is 16.1. The second kappa shape index (κ2) is 12.2. The van der Waals surface area contributed by atoms with Crippen LogP contribution >= 0.6 is 23.2 Å². The zero-order valence-corrected chi connectivity index (χ0v) is 23.4. The molecule has 4 N–H and O–H groups in total. The molecule has 4 aromatic rings. The number of guanidine groups is 1. The van der Waals surface area contributed by atoms with Crippen molar-refractivity contribution in [3.05, 3.63) is 68.3 Å².